The first-order valence-electron chi connectivity index (χ1n) is 17.8. The second-order valence-corrected chi connectivity index (χ2v) is 15.3. The molecule has 9 aromatic rings. The van der Waals surface area contributed by atoms with E-state index in [0.29, 0.717) is 0 Å². The topological polar surface area (TPSA) is 38.9 Å². The summed E-state index contributed by atoms with van der Waals surface area (Å²) in [5.74, 6) is 0. The summed E-state index contributed by atoms with van der Waals surface area (Å²) in [5.41, 5.74) is 18.2. The quantitative estimate of drug-likeness (QED) is 0.174. The van der Waals surface area contributed by atoms with Gasteiger partial charge in [-0.1, -0.05) is 131 Å². The average molecular weight is 655 g/mol. The lowest BCUT2D eigenvalue weighted by Gasteiger charge is -2.26. The predicted octanol–water partition coefficient (Wildman–Crippen LogP) is 12.6. The zero-order chi connectivity index (χ0) is 34.2. The highest BCUT2D eigenvalue weighted by Crippen LogP contribution is 2.59. The van der Waals surface area contributed by atoms with E-state index in [1.807, 2.05) is 12.3 Å². The molecule has 0 unspecified atom stereocenters. The minimum Gasteiger partial charge on any atom is -0.455 e. The zero-order valence-electron chi connectivity index (χ0n) is 29.0. The Hall–Kier alpha value is -6.06. The summed E-state index contributed by atoms with van der Waals surface area (Å²) in [5, 5.41) is 4.51. The Bertz CT molecular complexity index is 2980. The van der Waals surface area contributed by atoms with E-state index < -0.39 is 0 Å². The Balaban J connectivity index is 1.26. The minimum atomic E-state index is -0.255. The molecule has 51 heavy (non-hydrogen) atoms. The molecule has 0 N–H and O–H groups in total. The summed E-state index contributed by atoms with van der Waals surface area (Å²) in [6.45, 7) is 9.44. The smallest absolute Gasteiger partial charge is 0.144 e. The SMILES string of the molecule is CC1(C)c2ccccc2-c2c1cc(-c1ccc(-c3ccc4ccc5cccnc5c4n3)c3c1-c1ccccc1C3(C)C)c1c2oc2ccccc21. The Morgan fingerprint density at radius 1 is 0.510 bits per heavy atom. The molecule has 3 heteroatoms. The summed E-state index contributed by atoms with van der Waals surface area (Å²) in [7, 11) is 0. The first-order chi connectivity index (χ1) is 24.8. The number of aromatic nitrogens is 2. The number of rotatable bonds is 2. The van der Waals surface area contributed by atoms with Crippen LogP contribution in [-0.2, 0) is 10.8 Å². The van der Waals surface area contributed by atoms with E-state index >= 15 is 0 Å². The molecule has 242 valence electrons. The molecule has 2 aliphatic carbocycles. The van der Waals surface area contributed by atoms with E-state index in [1.54, 1.807) is 0 Å². The number of nitrogens with zero attached hydrogens (tertiary/aromatic N) is 2. The van der Waals surface area contributed by atoms with E-state index in [4.69, 9.17) is 14.4 Å². The molecule has 3 heterocycles. The van der Waals surface area contributed by atoms with Crippen LogP contribution >= 0.6 is 0 Å². The van der Waals surface area contributed by atoms with Crippen LogP contribution in [-0.4, -0.2) is 9.97 Å². The molecule has 11 rings (SSSR count). The van der Waals surface area contributed by atoms with E-state index in [0.717, 1.165) is 49.6 Å². The molecule has 0 saturated carbocycles. The molecule has 0 amide bonds. The van der Waals surface area contributed by atoms with Crippen LogP contribution in [0.25, 0.3) is 88.4 Å². The molecule has 0 fully saturated rings. The second-order valence-electron chi connectivity index (χ2n) is 15.3. The molecule has 0 bridgehead atoms. The third-order valence-electron chi connectivity index (χ3n) is 11.9. The first-order valence-corrected chi connectivity index (χ1v) is 17.8. The molecular weight excluding hydrogens is 621 g/mol. The van der Waals surface area contributed by atoms with Crippen molar-refractivity contribution in [2.24, 2.45) is 0 Å². The molecule has 2 aliphatic rings. The Morgan fingerprint density at radius 3 is 2.00 bits per heavy atom. The van der Waals surface area contributed by atoms with Gasteiger partial charge in [0.2, 0.25) is 0 Å². The summed E-state index contributed by atoms with van der Waals surface area (Å²) in [6, 6.07) is 46.2. The van der Waals surface area contributed by atoms with Crippen LogP contribution in [0.1, 0.15) is 49.9 Å². The number of furan rings is 1. The predicted molar refractivity (Wildman–Crippen MR) is 210 cm³/mol. The van der Waals surface area contributed by atoms with Crippen molar-refractivity contribution < 1.29 is 4.42 Å². The van der Waals surface area contributed by atoms with Gasteiger partial charge in [0.1, 0.15) is 11.2 Å². The summed E-state index contributed by atoms with van der Waals surface area (Å²) >= 11 is 0. The third kappa shape index (κ3) is 3.68. The second kappa shape index (κ2) is 9.80. The van der Waals surface area contributed by atoms with Gasteiger partial charge in [-0.2, -0.15) is 0 Å². The number of benzene rings is 6. The van der Waals surface area contributed by atoms with E-state index in [1.165, 1.54) is 61.0 Å². The van der Waals surface area contributed by atoms with Crippen LogP contribution in [0.5, 0.6) is 0 Å². The fraction of sp³-hybridized carbons (Fsp3) is 0.125. The van der Waals surface area contributed by atoms with Gasteiger partial charge < -0.3 is 4.42 Å². The minimum absolute atomic E-state index is 0.181. The van der Waals surface area contributed by atoms with Crippen molar-refractivity contribution in [3.8, 4) is 44.6 Å². The van der Waals surface area contributed by atoms with Crippen LogP contribution in [0.3, 0.4) is 0 Å². The van der Waals surface area contributed by atoms with Gasteiger partial charge in [0.05, 0.1) is 16.7 Å². The van der Waals surface area contributed by atoms with Crippen molar-refractivity contribution in [1.29, 1.82) is 0 Å². The fourth-order valence-electron chi connectivity index (χ4n) is 9.49. The molecule has 0 spiro atoms. The van der Waals surface area contributed by atoms with Crippen molar-refractivity contribution in [2.45, 2.75) is 38.5 Å². The van der Waals surface area contributed by atoms with Gasteiger partial charge in [-0.15, -0.1) is 0 Å². The molecule has 0 radical (unpaired) electrons. The van der Waals surface area contributed by atoms with Crippen molar-refractivity contribution in [3.05, 3.63) is 156 Å². The number of para-hydroxylation sites is 1. The molecule has 0 atom stereocenters. The summed E-state index contributed by atoms with van der Waals surface area (Å²) in [4.78, 5) is 10.1. The molecule has 6 aromatic carbocycles. The lowest BCUT2D eigenvalue weighted by atomic mass is 9.77. The highest BCUT2D eigenvalue weighted by molar-refractivity contribution is 6.19. The van der Waals surface area contributed by atoms with E-state index in [2.05, 4.69) is 149 Å². The van der Waals surface area contributed by atoms with E-state index in [-0.39, 0.29) is 10.8 Å². The first kappa shape index (κ1) is 28.7. The molecular formula is C48H34N2O. The van der Waals surface area contributed by atoms with Gasteiger partial charge >= 0.3 is 0 Å². The van der Waals surface area contributed by atoms with Crippen molar-refractivity contribution in [3.63, 3.8) is 0 Å². The molecule has 0 saturated heterocycles. The highest BCUT2D eigenvalue weighted by Gasteiger charge is 2.42. The van der Waals surface area contributed by atoms with Crippen molar-refractivity contribution in [2.75, 3.05) is 0 Å². The van der Waals surface area contributed by atoms with Crippen LogP contribution in [0.4, 0.5) is 0 Å². The number of pyridine rings is 2. The Kier molecular flexibility index (Phi) is 5.52. The average Bonchev–Trinajstić information content (AvgIpc) is 3.74. The highest BCUT2D eigenvalue weighted by atomic mass is 16.3. The lowest BCUT2D eigenvalue weighted by Crippen LogP contribution is -2.16. The van der Waals surface area contributed by atoms with Gasteiger partial charge in [0.15, 0.2) is 0 Å². The van der Waals surface area contributed by atoms with Gasteiger partial charge in [-0.05, 0) is 74.3 Å². The van der Waals surface area contributed by atoms with Crippen LogP contribution in [0.2, 0.25) is 0 Å². The number of fused-ring (bicyclic) bond motifs is 13. The van der Waals surface area contributed by atoms with E-state index in [9.17, 15) is 0 Å². The largest absolute Gasteiger partial charge is 0.455 e. The van der Waals surface area contributed by atoms with Crippen LogP contribution in [0.15, 0.2) is 138 Å². The van der Waals surface area contributed by atoms with Crippen LogP contribution in [0, 0.1) is 0 Å². The van der Waals surface area contributed by atoms with Crippen molar-refractivity contribution in [1.82, 2.24) is 9.97 Å². The maximum Gasteiger partial charge on any atom is 0.144 e. The van der Waals surface area contributed by atoms with Gasteiger partial charge in [-0.25, -0.2) is 4.98 Å². The maximum absolute atomic E-state index is 6.89. The van der Waals surface area contributed by atoms with Crippen molar-refractivity contribution >= 4 is 43.7 Å². The number of hydrogen-bond acceptors (Lipinski definition) is 3. The van der Waals surface area contributed by atoms with Gasteiger partial charge in [0.25, 0.3) is 0 Å². The Labute approximate surface area is 296 Å². The summed E-state index contributed by atoms with van der Waals surface area (Å²) < 4.78 is 6.89. The Morgan fingerprint density at radius 2 is 1.18 bits per heavy atom. The number of hydrogen-bond donors (Lipinski definition) is 0. The fourth-order valence-corrected chi connectivity index (χ4v) is 9.49. The maximum atomic E-state index is 6.89. The lowest BCUT2D eigenvalue weighted by molar-refractivity contribution is 0.653. The zero-order valence-corrected chi connectivity index (χ0v) is 29.0. The molecule has 3 aromatic heterocycles. The standard InChI is InChI=1S/C48H34N2O/c1-47(2)35-16-8-6-14-31(35)42-37(47)26-34(41-33-15-7-10-18-39(33)51-46(41)42)29-22-23-32(43-40(29)30-13-5-9-17-36(30)48(43,3)4)38-24-21-28-20-19-27-12-11-25-49-44(27)45(28)50-38/h5-26H,1-4H3. The van der Waals surface area contributed by atoms with Crippen LogP contribution < -0.4 is 0 Å². The summed E-state index contributed by atoms with van der Waals surface area (Å²) in [6.07, 6.45) is 1.86. The normalized spacial score (nSPS) is 15.0. The molecule has 3 nitrogen and oxygen atoms in total. The molecule has 0 aliphatic heterocycles. The van der Waals surface area contributed by atoms with Gasteiger partial charge in [-0.3, -0.25) is 4.98 Å². The third-order valence-corrected chi connectivity index (χ3v) is 11.9. The monoisotopic (exact) mass is 654 g/mol. The van der Waals surface area contributed by atoms with Gasteiger partial charge in [0, 0.05) is 49.7 Å².